The first kappa shape index (κ1) is 11.5. The van der Waals surface area contributed by atoms with Crippen molar-refractivity contribution < 1.29 is 0 Å². The number of nitrogens with zero attached hydrogens (tertiary/aromatic N) is 1. The quantitative estimate of drug-likeness (QED) is 0.845. The zero-order valence-corrected chi connectivity index (χ0v) is 10.9. The van der Waals surface area contributed by atoms with Gasteiger partial charge in [0.1, 0.15) is 0 Å². The van der Waals surface area contributed by atoms with Gasteiger partial charge in [0.05, 0.1) is 11.0 Å². The minimum atomic E-state index is 0.0163. The van der Waals surface area contributed by atoms with Crippen molar-refractivity contribution in [1.29, 1.82) is 0 Å². The molecule has 2 heterocycles. The van der Waals surface area contributed by atoms with Crippen LogP contribution in [-0.2, 0) is 13.0 Å². The van der Waals surface area contributed by atoms with Crippen molar-refractivity contribution in [3.63, 3.8) is 0 Å². The first-order chi connectivity index (χ1) is 8.65. The molecule has 1 aliphatic heterocycles. The third kappa shape index (κ3) is 1.86. The van der Waals surface area contributed by atoms with Gasteiger partial charge in [-0.1, -0.05) is 26.0 Å². The van der Waals surface area contributed by atoms with E-state index in [1.54, 1.807) is 0 Å². The summed E-state index contributed by atoms with van der Waals surface area (Å²) in [5.41, 5.74) is 3.34. The van der Waals surface area contributed by atoms with Gasteiger partial charge in [-0.05, 0) is 24.5 Å². The van der Waals surface area contributed by atoms with E-state index in [2.05, 4.69) is 30.2 Å². The lowest BCUT2D eigenvalue weighted by Gasteiger charge is -2.19. The molecule has 96 valence electrons. The third-order valence-electron chi connectivity index (χ3n) is 3.61. The minimum Gasteiger partial charge on any atom is -0.311 e. The van der Waals surface area contributed by atoms with E-state index in [4.69, 9.17) is 0 Å². The molecule has 1 aliphatic rings. The van der Waals surface area contributed by atoms with E-state index in [1.165, 1.54) is 5.56 Å². The first-order valence-electron chi connectivity index (χ1n) is 6.61. The summed E-state index contributed by atoms with van der Waals surface area (Å²) in [6.07, 6.45) is 1.99. The molecule has 0 fully saturated rings. The lowest BCUT2D eigenvalue weighted by Crippen LogP contribution is -2.36. The molecular formula is C14H19N3O. The van der Waals surface area contributed by atoms with Crippen molar-refractivity contribution >= 4 is 11.0 Å². The third-order valence-corrected chi connectivity index (χ3v) is 3.61. The van der Waals surface area contributed by atoms with Crippen LogP contribution in [0.15, 0.2) is 23.0 Å². The number of para-hydroxylation sites is 1. The predicted octanol–water partition coefficient (Wildman–Crippen LogP) is 1.64. The average Bonchev–Trinajstić information content (AvgIpc) is 2.51. The van der Waals surface area contributed by atoms with E-state index in [-0.39, 0.29) is 5.69 Å². The van der Waals surface area contributed by atoms with Gasteiger partial charge in [-0.15, -0.1) is 0 Å². The molecule has 0 saturated heterocycles. The molecule has 4 nitrogen and oxygen atoms in total. The van der Waals surface area contributed by atoms with Crippen LogP contribution >= 0.6 is 0 Å². The topological polar surface area (TPSA) is 49.8 Å². The SMILES string of the molecule is CC(C)N[C@@H]1CCn2c(=O)[nH]c3cccc(c32)C1. The zero-order valence-electron chi connectivity index (χ0n) is 10.9. The number of hydrogen-bond acceptors (Lipinski definition) is 2. The molecule has 1 atom stereocenters. The molecule has 0 radical (unpaired) electrons. The van der Waals surface area contributed by atoms with Gasteiger partial charge in [0, 0.05) is 18.6 Å². The fourth-order valence-electron chi connectivity index (χ4n) is 2.94. The highest BCUT2D eigenvalue weighted by atomic mass is 16.1. The largest absolute Gasteiger partial charge is 0.326 e. The summed E-state index contributed by atoms with van der Waals surface area (Å²) in [5.74, 6) is 0. The van der Waals surface area contributed by atoms with E-state index >= 15 is 0 Å². The van der Waals surface area contributed by atoms with Crippen molar-refractivity contribution in [3.05, 3.63) is 34.2 Å². The predicted molar refractivity (Wildman–Crippen MR) is 72.9 cm³/mol. The molecule has 0 amide bonds. The summed E-state index contributed by atoms with van der Waals surface area (Å²) in [6.45, 7) is 5.12. The Balaban J connectivity index is 2.06. The summed E-state index contributed by atoms with van der Waals surface area (Å²) in [5, 5.41) is 3.58. The van der Waals surface area contributed by atoms with Crippen molar-refractivity contribution in [1.82, 2.24) is 14.9 Å². The lowest BCUT2D eigenvalue weighted by molar-refractivity contribution is 0.422. The van der Waals surface area contributed by atoms with E-state index in [9.17, 15) is 4.79 Å². The summed E-state index contributed by atoms with van der Waals surface area (Å²) >= 11 is 0. The zero-order chi connectivity index (χ0) is 12.7. The van der Waals surface area contributed by atoms with Crippen LogP contribution in [0.3, 0.4) is 0 Å². The number of rotatable bonds is 2. The van der Waals surface area contributed by atoms with E-state index in [0.717, 1.165) is 30.4 Å². The number of H-pyrrole nitrogens is 1. The standard InChI is InChI=1S/C14H19N3O/c1-9(2)15-11-6-7-17-13-10(8-11)4-3-5-12(13)16-14(17)18/h3-5,9,11,15H,6-8H2,1-2H3,(H,16,18)/t11-/m1/s1. The summed E-state index contributed by atoms with van der Waals surface area (Å²) in [6, 6.07) is 7.06. The maximum Gasteiger partial charge on any atom is 0.326 e. The van der Waals surface area contributed by atoms with Crippen molar-refractivity contribution in [2.75, 3.05) is 0 Å². The van der Waals surface area contributed by atoms with E-state index in [0.29, 0.717) is 12.1 Å². The fraction of sp³-hybridized carbons (Fsp3) is 0.500. The highest BCUT2D eigenvalue weighted by molar-refractivity contribution is 5.79. The number of aromatic nitrogens is 2. The molecule has 3 rings (SSSR count). The monoisotopic (exact) mass is 245 g/mol. The molecular weight excluding hydrogens is 226 g/mol. The summed E-state index contributed by atoms with van der Waals surface area (Å²) in [7, 11) is 0. The first-order valence-corrected chi connectivity index (χ1v) is 6.61. The Hall–Kier alpha value is -1.55. The van der Waals surface area contributed by atoms with Crippen LogP contribution in [0.4, 0.5) is 0 Å². The highest BCUT2D eigenvalue weighted by Crippen LogP contribution is 2.22. The number of imidazole rings is 1. The minimum absolute atomic E-state index is 0.0163. The molecule has 0 saturated carbocycles. The molecule has 0 unspecified atom stereocenters. The number of hydrogen-bond donors (Lipinski definition) is 2. The van der Waals surface area contributed by atoms with Gasteiger partial charge < -0.3 is 10.3 Å². The van der Waals surface area contributed by atoms with Gasteiger partial charge >= 0.3 is 5.69 Å². The van der Waals surface area contributed by atoms with Gasteiger partial charge in [-0.2, -0.15) is 0 Å². The Morgan fingerprint density at radius 1 is 1.44 bits per heavy atom. The number of aryl methyl sites for hydroxylation is 1. The smallest absolute Gasteiger partial charge is 0.311 e. The van der Waals surface area contributed by atoms with Gasteiger partial charge in [-0.3, -0.25) is 4.57 Å². The maximum atomic E-state index is 11.9. The van der Waals surface area contributed by atoms with Crippen LogP contribution in [-0.4, -0.2) is 21.6 Å². The molecule has 2 N–H and O–H groups in total. The van der Waals surface area contributed by atoms with E-state index in [1.807, 2.05) is 16.7 Å². The van der Waals surface area contributed by atoms with Crippen molar-refractivity contribution in [2.45, 2.75) is 45.3 Å². The molecule has 0 spiro atoms. The Kier molecular flexibility index (Phi) is 2.74. The Bertz CT molecular complexity index is 623. The van der Waals surface area contributed by atoms with Crippen LogP contribution in [0.5, 0.6) is 0 Å². The molecule has 2 aromatic rings. The maximum absolute atomic E-state index is 11.9. The van der Waals surface area contributed by atoms with E-state index < -0.39 is 0 Å². The summed E-state index contributed by atoms with van der Waals surface area (Å²) in [4.78, 5) is 14.9. The average molecular weight is 245 g/mol. The lowest BCUT2D eigenvalue weighted by atomic mass is 10.0. The van der Waals surface area contributed by atoms with Crippen molar-refractivity contribution in [2.24, 2.45) is 0 Å². The van der Waals surface area contributed by atoms with Gasteiger partial charge in [0.25, 0.3) is 0 Å². The Morgan fingerprint density at radius 2 is 2.28 bits per heavy atom. The van der Waals surface area contributed by atoms with Crippen molar-refractivity contribution in [3.8, 4) is 0 Å². The fourth-order valence-corrected chi connectivity index (χ4v) is 2.94. The second-order valence-corrected chi connectivity index (χ2v) is 5.41. The molecule has 0 aliphatic carbocycles. The molecule has 4 heteroatoms. The molecule has 1 aromatic heterocycles. The van der Waals surface area contributed by atoms with Gasteiger partial charge in [0.15, 0.2) is 0 Å². The number of nitrogens with one attached hydrogen (secondary N) is 2. The molecule has 0 bridgehead atoms. The van der Waals surface area contributed by atoms with Gasteiger partial charge in [-0.25, -0.2) is 4.79 Å². The van der Waals surface area contributed by atoms with Crippen LogP contribution in [0.2, 0.25) is 0 Å². The molecule has 1 aromatic carbocycles. The summed E-state index contributed by atoms with van der Waals surface area (Å²) < 4.78 is 1.88. The second kappa shape index (κ2) is 4.28. The number of aromatic amines is 1. The molecule has 18 heavy (non-hydrogen) atoms. The highest BCUT2D eigenvalue weighted by Gasteiger charge is 2.20. The normalized spacial score (nSPS) is 19.4. The number of benzene rings is 1. The second-order valence-electron chi connectivity index (χ2n) is 5.41. The van der Waals surface area contributed by atoms with Crippen LogP contribution in [0.1, 0.15) is 25.8 Å². The van der Waals surface area contributed by atoms with Gasteiger partial charge in [0.2, 0.25) is 0 Å². The van der Waals surface area contributed by atoms with Crippen LogP contribution in [0, 0.1) is 0 Å². The van der Waals surface area contributed by atoms with Crippen LogP contribution in [0.25, 0.3) is 11.0 Å². The Morgan fingerprint density at radius 3 is 3.06 bits per heavy atom. The van der Waals surface area contributed by atoms with Crippen LogP contribution < -0.4 is 11.0 Å². The Labute approximate surface area is 106 Å².